The first-order valence-electron chi connectivity index (χ1n) is 8.14. The highest BCUT2D eigenvalue weighted by atomic mass is 19.1. The van der Waals surface area contributed by atoms with E-state index in [1.165, 1.54) is 19.3 Å². The number of nitrogens with one attached hydrogen (secondary N) is 1. The lowest BCUT2D eigenvalue weighted by atomic mass is 9.67. The van der Waals surface area contributed by atoms with E-state index in [2.05, 4.69) is 31.0 Å². The molecule has 0 aromatic heterocycles. The molecule has 3 heteroatoms. The number of nitrogens with zero attached hydrogens (tertiary/aromatic N) is 1. The number of hydrogen-bond donors (Lipinski definition) is 1. The molecule has 2 unspecified atom stereocenters. The van der Waals surface area contributed by atoms with E-state index in [1.54, 1.807) is 12.1 Å². The fraction of sp³-hybridized carbons (Fsp3) is 0.667. The van der Waals surface area contributed by atoms with Crippen LogP contribution in [0.15, 0.2) is 24.3 Å². The molecule has 1 aromatic carbocycles. The third-order valence-corrected chi connectivity index (χ3v) is 4.91. The summed E-state index contributed by atoms with van der Waals surface area (Å²) in [6.45, 7) is 8.78. The second kappa shape index (κ2) is 6.78. The molecule has 0 heterocycles. The third kappa shape index (κ3) is 3.76. The van der Waals surface area contributed by atoms with Crippen LogP contribution in [0.3, 0.4) is 0 Å². The van der Waals surface area contributed by atoms with E-state index in [-0.39, 0.29) is 5.82 Å². The molecule has 0 saturated heterocycles. The second-order valence-electron chi connectivity index (χ2n) is 7.01. The van der Waals surface area contributed by atoms with Gasteiger partial charge >= 0.3 is 0 Å². The van der Waals surface area contributed by atoms with Crippen LogP contribution in [-0.4, -0.2) is 26.2 Å². The van der Waals surface area contributed by atoms with E-state index in [4.69, 9.17) is 0 Å². The van der Waals surface area contributed by atoms with E-state index in [0.29, 0.717) is 23.1 Å². The molecule has 0 amide bonds. The van der Waals surface area contributed by atoms with Gasteiger partial charge in [0.15, 0.2) is 0 Å². The van der Waals surface area contributed by atoms with Crippen LogP contribution >= 0.6 is 0 Å². The first kappa shape index (κ1) is 16.3. The zero-order valence-electron chi connectivity index (χ0n) is 13.8. The Morgan fingerprint density at radius 1 is 1.33 bits per heavy atom. The smallest absolute Gasteiger partial charge is 0.146 e. The van der Waals surface area contributed by atoms with Gasteiger partial charge in [-0.05, 0) is 42.9 Å². The Morgan fingerprint density at radius 2 is 2.05 bits per heavy atom. The van der Waals surface area contributed by atoms with E-state index >= 15 is 0 Å². The van der Waals surface area contributed by atoms with E-state index in [1.807, 2.05) is 19.2 Å². The van der Waals surface area contributed by atoms with Crippen LogP contribution in [0.4, 0.5) is 10.1 Å². The molecule has 0 radical (unpaired) electrons. The van der Waals surface area contributed by atoms with Crippen molar-refractivity contribution < 1.29 is 4.39 Å². The van der Waals surface area contributed by atoms with Gasteiger partial charge in [-0.2, -0.15) is 0 Å². The fourth-order valence-corrected chi connectivity index (χ4v) is 3.85. The zero-order valence-corrected chi connectivity index (χ0v) is 13.8. The van der Waals surface area contributed by atoms with Crippen LogP contribution < -0.4 is 10.2 Å². The molecule has 2 nitrogen and oxygen atoms in total. The highest BCUT2D eigenvalue weighted by Crippen LogP contribution is 2.39. The van der Waals surface area contributed by atoms with E-state index < -0.39 is 0 Å². The van der Waals surface area contributed by atoms with Gasteiger partial charge in [-0.3, -0.25) is 0 Å². The molecule has 118 valence electrons. The van der Waals surface area contributed by atoms with Gasteiger partial charge in [0.25, 0.3) is 0 Å². The Hall–Kier alpha value is -1.09. The molecule has 1 aliphatic rings. The molecule has 2 rings (SSSR count). The number of rotatable bonds is 5. The van der Waals surface area contributed by atoms with Gasteiger partial charge in [-0.1, -0.05) is 39.3 Å². The van der Waals surface area contributed by atoms with Crippen molar-refractivity contribution in [3.8, 4) is 0 Å². The van der Waals surface area contributed by atoms with Crippen molar-refractivity contribution in [1.29, 1.82) is 0 Å². The van der Waals surface area contributed by atoms with Gasteiger partial charge in [0.1, 0.15) is 5.82 Å². The first-order valence-corrected chi connectivity index (χ1v) is 8.14. The molecule has 0 bridgehead atoms. The van der Waals surface area contributed by atoms with Crippen molar-refractivity contribution in [2.75, 3.05) is 25.0 Å². The van der Waals surface area contributed by atoms with Crippen LogP contribution in [0.2, 0.25) is 0 Å². The number of halogens is 1. The van der Waals surface area contributed by atoms with Gasteiger partial charge in [0.05, 0.1) is 5.69 Å². The number of anilines is 1. The second-order valence-corrected chi connectivity index (χ2v) is 7.01. The zero-order chi connectivity index (χ0) is 15.5. The Bertz CT molecular complexity index is 458. The average Bonchev–Trinajstić information content (AvgIpc) is 2.43. The Labute approximate surface area is 128 Å². The lowest BCUT2D eigenvalue weighted by Crippen LogP contribution is -2.52. The minimum Gasteiger partial charge on any atom is -0.372 e. The predicted octanol–water partition coefficient (Wildman–Crippen LogP) is 4.07. The van der Waals surface area contributed by atoms with Crippen molar-refractivity contribution in [2.45, 2.75) is 46.1 Å². The van der Waals surface area contributed by atoms with E-state index in [0.717, 1.165) is 13.1 Å². The van der Waals surface area contributed by atoms with Crippen LogP contribution in [0.25, 0.3) is 0 Å². The number of benzene rings is 1. The minimum atomic E-state index is -0.130. The normalized spacial score (nSPS) is 24.8. The lowest BCUT2D eigenvalue weighted by Gasteiger charge is -2.46. The molecule has 1 saturated carbocycles. The maximum Gasteiger partial charge on any atom is 0.146 e. The summed E-state index contributed by atoms with van der Waals surface area (Å²) in [7, 11) is 2.00. The van der Waals surface area contributed by atoms with Crippen molar-refractivity contribution in [2.24, 2.45) is 11.3 Å². The van der Waals surface area contributed by atoms with Crippen LogP contribution in [-0.2, 0) is 0 Å². The highest BCUT2D eigenvalue weighted by Gasteiger charge is 2.38. The van der Waals surface area contributed by atoms with Crippen LogP contribution in [0.1, 0.15) is 40.0 Å². The van der Waals surface area contributed by atoms with Crippen molar-refractivity contribution in [3.63, 3.8) is 0 Å². The van der Waals surface area contributed by atoms with Crippen molar-refractivity contribution in [1.82, 2.24) is 5.32 Å². The molecule has 1 aliphatic carbocycles. The Kier molecular flexibility index (Phi) is 5.26. The first-order chi connectivity index (χ1) is 9.95. The molecular weight excluding hydrogens is 263 g/mol. The third-order valence-electron chi connectivity index (χ3n) is 4.91. The molecule has 0 aliphatic heterocycles. The Morgan fingerprint density at radius 3 is 2.71 bits per heavy atom. The standard InChI is InChI=1S/C18H29FN2/c1-5-20-17-14(9-8-12-18(17,2)3)13-21(4)16-11-7-6-10-15(16)19/h6-7,10-11,14,17,20H,5,8-9,12-13H2,1-4H3. The molecule has 1 N–H and O–H groups in total. The quantitative estimate of drug-likeness (QED) is 0.880. The summed E-state index contributed by atoms with van der Waals surface area (Å²) in [5.74, 6) is 0.438. The molecule has 1 aromatic rings. The van der Waals surface area contributed by atoms with Crippen molar-refractivity contribution >= 4 is 5.69 Å². The van der Waals surface area contributed by atoms with Crippen molar-refractivity contribution in [3.05, 3.63) is 30.1 Å². The summed E-state index contributed by atoms with van der Waals surface area (Å²) in [5.41, 5.74) is 1.02. The van der Waals surface area contributed by atoms with Crippen LogP contribution in [0.5, 0.6) is 0 Å². The minimum absolute atomic E-state index is 0.130. The van der Waals surface area contributed by atoms with Crippen LogP contribution in [0, 0.1) is 17.2 Å². The summed E-state index contributed by atoms with van der Waals surface area (Å²) in [5, 5.41) is 3.68. The summed E-state index contributed by atoms with van der Waals surface area (Å²) in [6, 6.07) is 7.56. The summed E-state index contributed by atoms with van der Waals surface area (Å²) in [4.78, 5) is 2.08. The number of para-hydroxylation sites is 1. The monoisotopic (exact) mass is 292 g/mol. The Balaban J connectivity index is 2.11. The van der Waals surface area contributed by atoms with Gasteiger partial charge in [0, 0.05) is 19.6 Å². The largest absolute Gasteiger partial charge is 0.372 e. The SMILES string of the molecule is CCNC1C(CN(C)c2ccccc2F)CCCC1(C)C. The molecule has 2 atom stereocenters. The maximum absolute atomic E-state index is 13.9. The number of hydrogen-bond acceptors (Lipinski definition) is 2. The molecule has 0 spiro atoms. The molecule has 21 heavy (non-hydrogen) atoms. The van der Waals surface area contributed by atoms with E-state index in [9.17, 15) is 4.39 Å². The molecule has 1 fully saturated rings. The highest BCUT2D eigenvalue weighted by molar-refractivity contribution is 5.46. The summed E-state index contributed by atoms with van der Waals surface area (Å²) < 4.78 is 13.9. The lowest BCUT2D eigenvalue weighted by molar-refractivity contribution is 0.113. The summed E-state index contributed by atoms with van der Waals surface area (Å²) in [6.07, 6.45) is 3.76. The van der Waals surface area contributed by atoms with Gasteiger partial charge in [0.2, 0.25) is 0 Å². The van der Waals surface area contributed by atoms with Gasteiger partial charge in [-0.15, -0.1) is 0 Å². The topological polar surface area (TPSA) is 15.3 Å². The average molecular weight is 292 g/mol. The summed E-state index contributed by atoms with van der Waals surface area (Å²) >= 11 is 0. The van der Waals surface area contributed by atoms with Gasteiger partial charge in [-0.25, -0.2) is 4.39 Å². The predicted molar refractivity (Wildman–Crippen MR) is 88.3 cm³/mol. The maximum atomic E-state index is 13.9. The van der Waals surface area contributed by atoms with Gasteiger partial charge < -0.3 is 10.2 Å². The molecular formula is C18H29FN2. The fourth-order valence-electron chi connectivity index (χ4n) is 3.85.